The predicted octanol–water partition coefficient (Wildman–Crippen LogP) is 3.81. The average Bonchev–Trinajstić information content (AvgIpc) is 3.36. The molecule has 1 N–H and O–H groups in total. The highest BCUT2D eigenvalue weighted by atomic mass is 32.2. The Morgan fingerprint density at radius 1 is 1.04 bits per heavy atom. The molecule has 1 atom stereocenters. The smallest absolute Gasteiger partial charge is 0.252 e. The van der Waals surface area contributed by atoms with E-state index in [1.165, 1.54) is 4.31 Å². The van der Waals surface area contributed by atoms with E-state index in [-0.39, 0.29) is 17.7 Å². The second kappa shape index (κ2) is 7.77. The Labute approximate surface area is 168 Å². The monoisotopic (exact) mass is 412 g/mol. The van der Waals surface area contributed by atoms with Crippen molar-refractivity contribution in [1.29, 1.82) is 0 Å². The van der Waals surface area contributed by atoms with Crippen LogP contribution in [-0.2, 0) is 10.0 Å². The lowest BCUT2D eigenvalue weighted by Crippen LogP contribution is -2.29. The fourth-order valence-corrected chi connectivity index (χ4v) is 5.72. The molecule has 0 spiro atoms. The third-order valence-electron chi connectivity index (χ3n) is 4.73. The highest BCUT2D eigenvalue weighted by molar-refractivity contribution is 7.93. The number of benzene rings is 2. The lowest BCUT2D eigenvalue weighted by molar-refractivity contribution is 0.0943. The molecule has 1 aromatic heterocycles. The van der Waals surface area contributed by atoms with Gasteiger partial charge < -0.3 is 5.32 Å². The van der Waals surface area contributed by atoms with E-state index in [4.69, 9.17) is 0 Å². The van der Waals surface area contributed by atoms with Crippen molar-refractivity contribution in [2.45, 2.75) is 12.5 Å². The van der Waals surface area contributed by atoms with Gasteiger partial charge in [0, 0.05) is 17.0 Å². The molecule has 28 heavy (non-hydrogen) atoms. The van der Waals surface area contributed by atoms with Crippen molar-refractivity contribution in [2.75, 3.05) is 16.6 Å². The van der Waals surface area contributed by atoms with E-state index in [1.807, 2.05) is 47.8 Å². The molecule has 0 saturated carbocycles. The summed E-state index contributed by atoms with van der Waals surface area (Å²) in [6.07, 6.45) is 0.604. The van der Waals surface area contributed by atoms with Gasteiger partial charge >= 0.3 is 0 Å². The molecular weight excluding hydrogens is 392 g/mol. The topological polar surface area (TPSA) is 66.5 Å². The summed E-state index contributed by atoms with van der Waals surface area (Å²) in [6.45, 7) is 0.454. The van der Waals surface area contributed by atoms with Gasteiger partial charge in [0.05, 0.1) is 17.5 Å². The van der Waals surface area contributed by atoms with Gasteiger partial charge in [-0.15, -0.1) is 11.3 Å². The van der Waals surface area contributed by atoms with Gasteiger partial charge in [-0.1, -0.05) is 42.5 Å². The quantitative estimate of drug-likeness (QED) is 0.693. The largest absolute Gasteiger partial charge is 0.340 e. The summed E-state index contributed by atoms with van der Waals surface area (Å²) in [6, 6.07) is 20.3. The van der Waals surface area contributed by atoms with Gasteiger partial charge in [-0.25, -0.2) is 8.42 Å². The van der Waals surface area contributed by atoms with Crippen molar-refractivity contribution in [3.63, 3.8) is 0 Å². The normalized spacial score (nSPS) is 16.6. The van der Waals surface area contributed by atoms with E-state index in [2.05, 4.69) is 5.32 Å². The molecule has 1 amide bonds. The van der Waals surface area contributed by atoms with Crippen molar-refractivity contribution >= 4 is 33.0 Å². The van der Waals surface area contributed by atoms with Crippen LogP contribution in [0.3, 0.4) is 0 Å². The molecule has 1 saturated heterocycles. The summed E-state index contributed by atoms with van der Waals surface area (Å²) in [5.41, 5.74) is 1.98. The summed E-state index contributed by atoms with van der Waals surface area (Å²) in [7, 11) is -3.28. The second-order valence-corrected chi connectivity index (χ2v) is 9.62. The molecule has 0 aliphatic carbocycles. The fraction of sp³-hybridized carbons (Fsp3) is 0.190. The van der Waals surface area contributed by atoms with Crippen LogP contribution < -0.4 is 9.62 Å². The van der Waals surface area contributed by atoms with Crippen LogP contribution in [0.15, 0.2) is 72.1 Å². The van der Waals surface area contributed by atoms with Gasteiger partial charge in [-0.2, -0.15) is 0 Å². The zero-order valence-corrected chi connectivity index (χ0v) is 16.7. The van der Waals surface area contributed by atoms with E-state index in [1.54, 1.807) is 35.6 Å². The molecule has 7 heteroatoms. The van der Waals surface area contributed by atoms with E-state index in [9.17, 15) is 13.2 Å². The van der Waals surface area contributed by atoms with E-state index >= 15 is 0 Å². The average molecular weight is 413 g/mol. The minimum Gasteiger partial charge on any atom is -0.340 e. The summed E-state index contributed by atoms with van der Waals surface area (Å²) in [5, 5.41) is 5.08. The number of sulfonamides is 1. The van der Waals surface area contributed by atoms with Crippen LogP contribution in [0.25, 0.3) is 0 Å². The molecule has 4 rings (SSSR count). The number of hydrogen-bond donors (Lipinski definition) is 1. The van der Waals surface area contributed by atoms with Crippen molar-refractivity contribution in [3.8, 4) is 0 Å². The number of carbonyl (C=O) groups is 1. The Morgan fingerprint density at radius 3 is 2.54 bits per heavy atom. The van der Waals surface area contributed by atoms with Gasteiger partial charge in [-0.05, 0) is 41.6 Å². The number of nitrogens with one attached hydrogen (secondary N) is 1. The summed E-state index contributed by atoms with van der Waals surface area (Å²) in [5.74, 6) is -0.0848. The Hall–Kier alpha value is -2.64. The highest BCUT2D eigenvalue weighted by Crippen LogP contribution is 2.28. The third-order valence-corrected chi connectivity index (χ3v) is 7.54. The van der Waals surface area contributed by atoms with Crippen LogP contribution in [0, 0.1) is 0 Å². The van der Waals surface area contributed by atoms with Gasteiger partial charge in [0.25, 0.3) is 5.91 Å². The van der Waals surface area contributed by atoms with E-state index in [0.29, 0.717) is 24.2 Å². The molecule has 1 aliphatic heterocycles. The maximum Gasteiger partial charge on any atom is 0.252 e. The molecular formula is C21H20N2O3S2. The van der Waals surface area contributed by atoms with Gasteiger partial charge in [-0.3, -0.25) is 9.10 Å². The molecule has 5 nitrogen and oxygen atoms in total. The van der Waals surface area contributed by atoms with Gasteiger partial charge in [0.2, 0.25) is 10.0 Å². The van der Waals surface area contributed by atoms with E-state index < -0.39 is 10.0 Å². The summed E-state index contributed by atoms with van der Waals surface area (Å²) < 4.78 is 25.8. The summed E-state index contributed by atoms with van der Waals surface area (Å²) in [4.78, 5) is 14.0. The van der Waals surface area contributed by atoms with Crippen LogP contribution in [0.2, 0.25) is 0 Å². The Kier molecular flexibility index (Phi) is 5.19. The van der Waals surface area contributed by atoms with Crippen molar-refractivity contribution in [2.24, 2.45) is 0 Å². The first kappa shape index (κ1) is 18.7. The SMILES string of the molecule is O=C(NC(c1ccccc1)c1cccs1)c1cccc(N2CCCS2(=O)=O)c1. The molecule has 144 valence electrons. The molecule has 1 unspecified atom stereocenters. The molecule has 3 aromatic rings. The zero-order chi connectivity index (χ0) is 19.6. The Bertz CT molecular complexity index is 1060. The molecule has 1 fully saturated rings. The lowest BCUT2D eigenvalue weighted by atomic mass is 10.0. The predicted molar refractivity (Wildman–Crippen MR) is 112 cm³/mol. The number of nitrogens with zero attached hydrogens (tertiary/aromatic N) is 1. The fourth-order valence-electron chi connectivity index (χ4n) is 3.37. The first-order chi connectivity index (χ1) is 13.5. The standard InChI is InChI=1S/C21H20N2O3S2/c24-21(17-9-4-10-18(15-17)23-12-6-14-28(23,25)26)22-20(19-11-5-13-27-19)16-7-2-1-3-8-16/h1-5,7-11,13,15,20H,6,12,14H2,(H,22,24). The Balaban J connectivity index is 1.61. The number of rotatable bonds is 5. The van der Waals surface area contributed by atoms with Crippen molar-refractivity contribution in [1.82, 2.24) is 5.32 Å². The van der Waals surface area contributed by atoms with Gasteiger partial charge in [0.1, 0.15) is 0 Å². The maximum absolute atomic E-state index is 13.0. The molecule has 1 aliphatic rings. The van der Waals surface area contributed by atoms with Crippen LogP contribution >= 0.6 is 11.3 Å². The van der Waals surface area contributed by atoms with Crippen LogP contribution in [0.5, 0.6) is 0 Å². The first-order valence-electron chi connectivity index (χ1n) is 9.04. The lowest BCUT2D eigenvalue weighted by Gasteiger charge is -2.20. The van der Waals surface area contributed by atoms with Crippen LogP contribution in [0.4, 0.5) is 5.69 Å². The minimum atomic E-state index is -3.28. The zero-order valence-electron chi connectivity index (χ0n) is 15.1. The van der Waals surface area contributed by atoms with Crippen LogP contribution in [0.1, 0.15) is 33.3 Å². The maximum atomic E-state index is 13.0. The summed E-state index contributed by atoms with van der Waals surface area (Å²) >= 11 is 1.58. The Morgan fingerprint density at radius 2 is 1.86 bits per heavy atom. The van der Waals surface area contributed by atoms with E-state index in [0.717, 1.165) is 10.4 Å². The van der Waals surface area contributed by atoms with Crippen molar-refractivity contribution < 1.29 is 13.2 Å². The number of carbonyl (C=O) groups excluding carboxylic acids is 1. The molecule has 0 radical (unpaired) electrons. The highest BCUT2D eigenvalue weighted by Gasteiger charge is 2.29. The second-order valence-electron chi connectivity index (χ2n) is 6.62. The number of anilines is 1. The molecule has 2 heterocycles. The van der Waals surface area contributed by atoms with Gasteiger partial charge in [0.15, 0.2) is 0 Å². The number of hydrogen-bond acceptors (Lipinski definition) is 4. The minimum absolute atomic E-state index is 0.151. The molecule has 2 aromatic carbocycles. The molecule has 0 bridgehead atoms. The number of amides is 1. The van der Waals surface area contributed by atoms with Crippen molar-refractivity contribution in [3.05, 3.63) is 88.1 Å². The first-order valence-corrected chi connectivity index (χ1v) is 11.5. The van der Waals surface area contributed by atoms with Crippen LogP contribution in [-0.4, -0.2) is 26.6 Å². The number of thiophene rings is 1. The third kappa shape index (κ3) is 3.81.